The Hall–Kier alpha value is -1.59. The minimum Gasteiger partial charge on any atom is -0.462 e. The quantitative estimate of drug-likeness (QED) is 0.0343. The molecular formula is C67H130O6. The number of carbonyl (C=O) groups is 3. The summed E-state index contributed by atoms with van der Waals surface area (Å²) in [5, 5.41) is 0. The van der Waals surface area contributed by atoms with Gasteiger partial charge in [0.2, 0.25) is 0 Å². The molecule has 0 aliphatic rings. The Bertz CT molecular complexity index is 1090. The highest BCUT2D eigenvalue weighted by Gasteiger charge is 2.19. The molecule has 0 saturated heterocycles. The van der Waals surface area contributed by atoms with Crippen molar-refractivity contribution < 1.29 is 28.6 Å². The molecule has 0 aromatic heterocycles. The third kappa shape index (κ3) is 61.1. The van der Waals surface area contributed by atoms with Gasteiger partial charge in [0, 0.05) is 19.3 Å². The molecule has 1 unspecified atom stereocenters. The summed E-state index contributed by atoms with van der Waals surface area (Å²) in [5.41, 5.74) is 0. The zero-order valence-corrected chi connectivity index (χ0v) is 50.0. The monoisotopic (exact) mass is 1030 g/mol. The molecule has 0 N–H and O–H groups in total. The van der Waals surface area contributed by atoms with E-state index in [1.165, 1.54) is 289 Å². The van der Waals surface area contributed by atoms with Gasteiger partial charge in [0.25, 0.3) is 0 Å². The first-order valence-electron chi connectivity index (χ1n) is 33.5. The predicted molar refractivity (Wildman–Crippen MR) is 317 cm³/mol. The number of hydrogen-bond donors (Lipinski definition) is 0. The zero-order valence-electron chi connectivity index (χ0n) is 50.0. The molecule has 1 atom stereocenters. The largest absolute Gasteiger partial charge is 0.462 e. The Morgan fingerprint density at radius 2 is 0.370 bits per heavy atom. The second-order valence-corrected chi connectivity index (χ2v) is 23.1. The molecule has 0 aromatic rings. The summed E-state index contributed by atoms with van der Waals surface area (Å²) in [7, 11) is 0. The fourth-order valence-corrected chi connectivity index (χ4v) is 10.6. The van der Waals surface area contributed by atoms with Crippen molar-refractivity contribution in [3.63, 3.8) is 0 Å². The van der Waals surface area contributed by atoms with Crippen LogP contribution in [0.15, 0.2) is 0 Å². The lowest BCUT2D eigenvalue weighted by atomic mass is 10.0. The van der Waals surface area contributed by atoms with Gasteiger partial charge >= 0.3 is 17.9 Å². The van der Waals surface area contributed by atoms with E-state index in [4.69, 9.17) is 14.2 Å². The van der Waals surface area contributed by atoms with Crippen LogP contribution in [0, 0.1) is 0 Å². The molecular weight excluding hydrogens is 901 g/mol. The molecule has 6 nitrogen and oxygen atoms in total. The molecule has 0 rings (SSSR count). The van der Waals surface area contributed by atoms with Gasteiger partial charge in [-0.1, -0.05) is 355 Å². The third-order valence-electron chi connectivity index (χ3n) is 15.6. The minimum absolute atomic E-state index is 0.0623. The van der Waals surface area contributed by atoms with Crippen molar-refractivity contribution in [3.8, 4) is 0 Å². The first-order chi connectivity index (χ1) is 36.0. The van der Waals surface area contributed by atoms with Crippen LogP contribution in [0.4, 0.5) is 0 Å². The molecule has 0 spiro atoms. The maximum Gasteiger partial charge on any atom is 0.306 e. The van der Waals surface area contributed by atoms with Crippen molar-refractivity contribution in [2.24, 2.45) is 0 Å². The van der Waals surface area contributed by atoms with Gasteiger partial charge in [0.1, 0.15) is 13.2 Å². The van der Waals surface area contributed by atoms with Crippen LogP contribution in [0.3, 0.4) is 0 Å². The lowest BCUT2D eigenvalue weighted by Crippen LogP contribution is -2.30. The number of esters is 3. The van der Waals surface area contributed by atoms with Crippen molar-refractivity contribution in [3.05, 3.63) is 0 Å². The van der Waals surface area contributed by atoms with Gasteiger partial charge in [-0.25, -0.2) is 0 Å². The lowest BCUT2D eigenvalue weighted by molar-refractivity contribution is -0.167. The summed E-state index contributed by atoms with van der Waals surface area (Å²) in [6.45, 7) is 6.64. The van der Waals surface area contributed by atoms with Crippen molar-refractivity contribution in [1.29, 1.82) is 0 Å². The molecule has 0 bridgehead atoms. The standard InChI is InChI=1S/C67H130O6/c1-4-7-10-13-15-17-19-21-23-25-27-29-30-31-32-33-34-35-36-37-38-40-41-43-45-47-49-51-54-57-60-66(69)72-63-64(62-71-65(68)59-56-53-12-9-6-3)73-67(70)61-58-55-52-50-48-46-44-42-39-28-26-24-22-20-18-16-14-11-8-5-2/h64H,4-63H2,1-3H3. The second kappa shape index (κ2) is 62.9. The summed E-state index contributed by atoms with van der Waals surface area (Å²) < 4.78 is 16.8. The molecule has 0 aliphatic heterocycles. The van der Waals surface area contributed by atoms with Crippen LogP contribution >= 0.6 is 0 Å². The van der Waals surface area contributed by atoms with E-state index in [2.05, 4.69) is 20.8 Å². The molecule has 0 radical (unpaired) electrons. The van der Waals surface area contributed by atoms with Crippen LogP contribution in [0.1, 0.15) is 393 Å². The first-order valence-corrected chi connectivity index (χ1v) is 33.5. The maximum atomic E-state index is 12.8. The Labute approximate surface area is 457 Å². The van der Waals surface area contributed by atoms with Gasteiger partial charge in [0.05, 0.1) is 0 Å². The van der Waals surface area contributed by atoms with Crippen molar-refractivity contribution in [1.82, 2.24) is 0 Å². The molecule has 0 fully saturated rings. The first kappa shape index (κ1) is 71.4. The summed E-state index contributed by atoms with van der Waals surface area (Å²) >= 11 is 0. The smallest absolute Gasteiger partial charge is 0.306 e. The average molecular weight is 1030 g/mol. The van der Waals surface area contributed by atoms with Gasteiger partial charge in [-0.15, -0.1) is 0 Å². The number of ether oxygens (including phenoxy) is 3. The van der Waals surface area contributed by atoms with Crippen molar-refractivity contribution in [2.75, 3.05) is 13.2 Å². The normalized spacial score (nSPS) is 11.9. The van der Waals surface area contributed by atoms with E-state index in [9.17, 15) is 14.4 Å². The van der Waals surface area contributed by atoms with E-state index in [0.717, 1.165) is 64.2 Å². The van der Waals surface area contributed by atoms with Gasteiger partial charge in [-0.3, -0.25) is 14.4 Å². The van der Waals surface area contributed by atoms with Crippen LogP contribution in [-0.2, 0) is 28.6 Å². The fraction of sp³-hybridized carbons (Fsp3) is 0.955. The van der Waals surface area contributed by atoms with Crippen LogP contribution < -0.4 is 0 Å². The third-order valence-corrected chi connectivity index (χ3v) is 15.6. The fourth-order valence-electron chi connectivity index (χ4n) is 10.6. The molecule has 73 heavy (non-hydrogen) atoms. The van der Waals surface area contributed by atoms with Gasteiger partial charge in [-0.05, 0) is 19.3 Å². The topological polar surface area (TPSA) is 78.9 Å². The molecule has 0 saturated carbocycles. The van der Waals surface area contributed by atoms with E-state index in [1.54, 1.807) is 0 Å². The highest BCUT2D eigenvalue weighted by atomic mass is 16.6. The van der Waals surface area contributed by atoms with E-state index < -0.39 is 6.10 Å². The molecule has 434 valence electrons. The molecule has 6 heteroatoms. The van der Waals surface area contributed by atoms with E-state index >= 15 is 0 Å². The van der Waals surface area contributed by atoms with E-state index in [1.807, 2.05) is 0 Å². The van der Waals surface area contributed by atoms with E-state index in [0.29, 0.717) is 19.3 Å². The lowest BCUT2D eigenvalue weighted by Gasteiger charge is -2.18. The Kier molecular flexibility index (Phi) is 61.6. The summed E-state index contributed by atoms with van der Waals surface area (Å²) in [6, 6.07) is 0. The maximum absolute atomic E-state index is 12.8. The summed E-state index contributed by atoms with van der Waals surface area (Å²) in [5.74, 6) is -0.846. The average Bonchev–Trinajstić information content (AvgIpc) is 3.39. The van der Waals surface area contributed by atoms with Gasteiger partial charge in [-0.2, -0.15) is 0 Å². The van der Waals surface area contributed by atoms with Crippen molar-refractivity contribution in [2.45, 2.75) is 399 Å². The van der Waals surface area contributed by atoms with E-state index in [-0.39, 0.29) is 31.1 Å². The number of carbonyl (C=O) groups excluding carboxylic acids is 3. The SMILES string of the molecule is CCCCCCCCCCCCCCCCCCCCCCCCCCCCCCCCC(=O)OCC(COC(=O)CCCCCCC)OC(=O)CCCCCCCCCCCCCCCCCCCCCC. The minimum atomic E-state index is -0.760. The number of hydrogen-bond acceptors (Lipinski definition) is 6. The van der Waals surface area contributed by atoms with Gasteiger partial charge in [0.15, 0.2) is 6.10 Å². The highest BCUT2D eigenvalue weighted by molar-refractivity contribution is 5.71. The molecule has 0 aromatic carbocycles. The summed E-state index contributed by atoms with van der Waals surface area (Å²) in [6.07, 6.45) is 73.3. The Morgan fingerprint density at radius 3 is 0.548 bits per heavy atom. The van der Waals surface area contributed by atoms with Crippen LogP contribution in [-0.4, -0.2) is 37.2 Å². The van der Waals surface area contributed by atoms with Crippen LogP contribution in [0.2, 0.25) is 0 Å². The highest BCUT2D eigenvalue weighted by Crippen LogP contribution is 2.19. The van der Waals surface area contributed by atoms with Gasteiger partial charge < -0.3 is 14.2 Å². The molecule has 0 heterocycles. The predicted octanol–water partition coefficient (Wildman–Crippen LogP) is 22.7. The summed E-state index contributed by atoms with van der Waals surface area (Å²) in [4.78, 5) is 37.9. The Balaban J connectivity index is 3.89. The zero-order chi connectivity index (χ0) is 52.9. The second-order valence-electron chi connectivity index (χ2n) is 23.1. The van der Waals surface area contributed by atoms with Crippen LogP contribution in [0.5, 0.6) is 0 Å². The Morgan fingerprint density at radius 1 is 0.219 bits per heavy atom. The molecule has 0 aliphatic carbocycles. The number of rotatable bonds is 63. The molecule has 0 amide bonds. The number of unbranched alkanes of at least 4 members (excludes halogenated alkanes) is 52. The van der Waals surface area contributed by atoms with Crippen molar-refractivity contribution >= 4 is 17.9 Å². The van der Waals surface area contributed by atoms with Crippen LogP contribution in [0.25, 0.3) is 0 Å².